The van der Waals surface area contributed by atoms with Gasteiger partial charge in [-0.05, 0) is 24.7 Å². The van der Waals surface area contributed by atoms with E-state index in [1.54, 1.807) is 0 Å². The minimum absolute atomic E-state index is 0.705. The highest BCUT2D eigenvalue weighted by molar-refractivity contribution is 5.11. The summed E-state index contributed by atoms with van der Waals surface area (Å²) >= 11 is 0. The molecule has 0 fully saturated rings. The number of hydrogen-bond donors (Lipinski definition) is 0. The Balaban J connectivity index is 5.46. The zero-order chi connectivity index (χ0) is 40.1. The van der Waals surface area contributed by atoms with E-state index >= 15 is 0 Å². The van der Waals surface area contributed by atoms with Crippen molar-refractivity contribution in [2.45, 2.75) is 111 Å². The van der Waals surface area contributed by atoms with Crippen molar-refractivity contribution in [2.24, 2.45) is 11.8 Å². The van der Waals surface area contributed by atoms with Gasteiger partial charge >= 0.3 is 71.6 Å². The molecule has 0 aliphatic heterocycles. The Morgan fingerprint density at radius 2 is 0.531 bits per heavy atom. The molecule has 49 heavy (non-hydrogen) atoms. The lowest BCUT2D eigenvalue weighted by molar-refractivity contribution is -0.440. The molecule has 27 heteroatoms. The first kappa shape index (κ1) is 47.1. The molecule has 2 atom stereocenters. The fraction of sp³-hybridized carbons (Fsp3) is 1.00. The number of ether oxygens (including phenoxy) is 1. The molecular formula is C22H20F26O. The van der Waals surface area contributed by atoms with E-state index in [1.807, 2.05) is 0 Å². The fourth-order valence-electron chi connectivity index (χ4n) is 3.41. The van der Waals surface area contributed by atoms with E-state index < -0.39 is 122 Å². The van der Waals surface area contributed by atoms with Crippen LogP contribution in [0.2, 0.25) is 0 Å². The predicted molar refractivity (Wildman–Crippen MR) is 109 cm³/mol. The van der Waals surface area contributed by atoms with Crippen molar-refractivity contribution in [1.29, 1.82) is 0 Å². The summed E-state index contributed by atoms with van der Waals surface area (Å²) < 4.78 is 346. The lowest BCUT2D eigenvalue weighted by Gasteiger charge is -2.40. The minimum Gasteiger partial charge on any atom is -0.381 e. The van der Waals surface area contributed by atoms with Gasteiger partial charge in [-0.25, -0.2) is 0 Å². The van der Waals surface area contributed by atoms with Crippen molar-refractivity contribution in [3.63, 3.8) is 0 Å². The highest BCUT2D eigenvalue weighted by Crippen LogP contribution is 2.62. The average molecular weight is 794 g/mol. The maximum atomic E-state index is 13.9. The van der Waals surface area contributed by atoms with Crippen molar-refractivity contribution < 1.29 is 119 Å². The molecule has 1 nitrogen and oxygen atoms in total. The monoisotopic (exact) mass is 794 g/mol. The summed E-state index contributed by atoms with van der Waals surface area (Å²) in [6.45, 7) is -0.712. The molecule has 296 valence electrons. The molecule has 2 unspecified atom stereocenters. The number of alkyl halides is 26. The van der Waals surface area contributed by atoms with Gasteiger partial charge in [0.2, 0.25) is 0 Å². The molecule has 0 saturated carbocycles. The van der Waals surface area contributed by atoms with Crippen LogP contribution in [0.3, 0.4) is 0 Å². The van der Waals surface area contributed by atoms with Crippen LogP contribution in [-0.4, -0.2) is 84.8 Å². The Bertz CT molecular complexity index is 1000. The molecule has 0 saturated heterocycles. The first-order valence-electron chi connectivity index (χ1n) is 12.5. The molecule has 0 aromatic heterocycles. The topological polar surface area (TPSA) is 9.23 Å². The average Bonchev–Trinajstić information content (AvgIpc) is 2.88. The fourth-order valence-corrected chi connectivity index (χ4v) is 3.41. The second-order valence-corrected chi connectivity index (χ2v) is 10.8. The molecule has 0 aliphatic carbocycles. The lowest BCUT2D eigenvalue weighted by atomic mass is 9.90. The zero-order valence-corrected chi connectivity index (χ0v) is 23.6. The Morgan fingerprint density at radius 1 is 0.327 bits per heavy atom. The van der Waals surface area contributed by atoms with Gasteiger partial charge in [0, 0.05) is 26.1 Å². The van der Waals surface area contributed by atoms with E-state index in [4.69, 9.17) is 0 Å². The second kappa shape index (κ2) is 13.6. The highest BCUT2D eigenvalue weighted by atomic mass is 19.4. The number of halogens is 26. The standard InChI is InChI=1S/C22H20F26O/c1-9(3-5-11(23,24)13(27,28)15(31,32)17(35,36)19(39,40)21(43,44)45)7-49-8-10(2)4-6-12(25,26)14(29,30)16(33,34)18(37,38)20(41,42)22(46,47)48/h9-10H,3-8H2,1-2H3. The maximum Gasteiger partial charge on any atom is 0.460 e. The van der Waals surface area contributed by atoms with Gasteiger partial charge in [0.25, 0.3) is 0 Å². The van der Waals surface area contributed by atoms with Crippen LogP contribution in [0.4, 0.5) is 114 Å². The highest BCUT2D eigenvalue weighted by Gasteiger charge is 2.92. The first-order valence-corrected chi connectivity index (χ1v) is 12.5. The van der Waals surface area contributed by atoms with Crippen molar-refractivity contribution in [1.82, 2.24) is 0 Å². The van der Waals surface area contributed by atoms with Crippen molar-refractivity contribution in [3.05, 3.63) is 0 Å². The Hall–Kier alpha value is -1.86. The van der Waals surface area contributed by atoms with Crippen LogP contribution in [0.5, 0.6) is 0 Å². The van der Waals surface area contributed by atoms with E-state index in [1.165, 1.54) is 0 Å². The number of rotatable bonds is 18. The molecule has 0 spiro atoms. The van der Waals surface area contributed by atoms with Crippen molar-refractivity contribution in [3.8, 4) is 0 Å². The smallest absolute Gasteiger partial charge is 0.381 e. The molecule has 0 N–H and O–H groups in total. The summed E-state index contributed by atoms with van der Waals surface area (Å²) in [5, 5.41) is 0. The molecule has 0 radical (unpaired) electrons. The predicted octanol–water partition coefficient (Wildman–Crippen LogP) is 11.3. The van der Waals surface area contributed by atoms with E-state index in [0.29, 0.717) is 13.8 Å². The zero-order valence-electron chi connectivity index (χ0n) is 23.6. The third-order valence-electron chi connectivity index (χ3n) is 6.70. The van der Waals surface area contributed by atoms with Crippen molar-refractivity contribution in [2.75, 3.05) is 13.2 Å². The summed E-state index contributed by atoms with van der Waals surface area (Å²) in [5.74, 6) is -79.6. The molecule has 0 heterocycles. The van der Waals surface area contributed by atoms with Gasteiger partial charge in [-0.3, -0.25) is 0 Å². The molecule has 0 aromatic rings. The third kappa shape index (κ3) is 7.98. The summed E-state index contributed by atoms with van der Waals surface area (Å²) in [5.41, 5.74) is 0. The lowest BCUT2D eigenvalue weighted by Crippen LogP contribution is -2.70. The summed E-state index contributed by atoms with van der Waals surface area (Å²) in [4.78, 5) is 0. The SMILES string of the molecule is CC(CCC(F)(F)C(F)(F)C(F)(F)C(F)(F)C(F)(F)C(F)(F)F)COCC(C)CCC(F)(F)C(F)(F)C(F)(F)C(F)(F)C(F)(F)C(F)(F)F. The van der Waals surface area contributed by atoms with Gasteiger partial charge < -0.3 is 4.74 Å². The van der Waals surface area contributed by atoms with E-state index in [2.05, 4.69) is 4.74 Å². The number of hydrogen-bond acceptors (Lipinski definition) is 1. The maximum absolute atomic E-state index is 13.9. The Kier molecular flexibility index (Phi) is 13.1. The quantitative estimate of drug-likeness (QED) is 0.126. The summed E-state index contributed by atoms with van der Waals surface area (Å²) in [6.07, 6.45) is -23.6. The van der Waals surface area contributed by atoms with Gasteiger partial charge in [-0.2, -0.15) is 114 Å². The van der Waals surface area contributed by atoms with Crippen LogP contribution >= 0.6 is 0 Å². The molecule has 0 amide bonds. The van der Waals surface area contributed by atoms with Gasteiger partial charge in [0.15, 0.2) is 0 Å². The van der Waals surface area contributed by atoms with Gasteiger partial charge in [-0.15, -0.1) is 0 Å². The van der Waals surface area contributed by atoms with Crippen LogP contribution in [0.25, 0.3) is 0 Å². The van der Waals surface area contributed by atoms with Crippen LogP contribution in [0, 0.1) is 11.8 Å². The van der Waals surface area contributed by atoms with Gasteiger partial charge in [0.05, 0.1) is 0 Å². The summed E-state index contributed by atoms with van der Waals surface area (Å²) in [7, 11) is 0. The molecule has 0 bridgehead atoms. The van der Waals surface area contributed by atoms with E-state index in [0.717, 1.165) is 0 Å². The molecular weight excluding hydrogens is 774 g/mol. The van der Waals surface area contributed by atoms with Crippen LogP contribution in [-0.2, 0) is 4.74 Å². The Labute approximate surface area is 256 Å². The van der Waals surface area contributed by atoms with Crippen molar-refractivity contribution >= 4 is 0 Å². The second-order valence-electron chi connectivity index (χ2n) is 10.8. The van der Waals surface area contributed by atoms with Gasteiger partial charge in [0.1, 0.15) is 0 Å². The van der Waals surface area contributed by atoms with E-state index in [9.17, 15) is 114 Å². The first-order chi connectivity index (χ1) is 21.0. The summed E-state index contributed by atoms with van der Waals surface area (Å²) in [6, 6.07) is 0. The third-order valence-corrected chi connectivity index (χ3v) is 6.70. The van der Waals surface area contributed by atoms with Crippen LogP contribution < -0.4 is 0 Å². The molecule has 0 rings (SSSR count). The van der Waals surface area contributed by atoms with E-state index in [-0.39, 0.29) is 0 Å². The van der Waals surface area contributed by atoms with Gasteiger partial charge in [-0.1, -0.05) is 13.8 Å². The van der Waals surface area contributed by atoms with Crippen LogP contribution in [0.15, 0.2) is 0 Å². The molecule has 0 aromatic carbocycles. The molecule has 0 aliphatic rings. The normalized spacial score (nSPS) is 17.4. The minimum atomic E-state index is -8.14. The Morgan fingerprint density at radius 3 is 0.735 bits per heavy atom. The largest absolute Gasteiger partial charge is 0.460 e. The van der Waals surface area contributed by atoms with Crippen LogP contribution in [0.1, 0.15) is 39.5 Å².